The van der Waals surface area contributed by atoms with Crippen LogP contribution >= 0.6 is 0 Å². The molecule has 2 aromatic rings. The van der Waals surface area contributed by atoms with Gasteiger partial charge in [0, 0.05) is 23.8 Å². The first kappa shape index (κ1) is 19.3. The number of hydrogen-bond donors (Lipinski definition) is 0. The Bertz CT molecular complexity index is 959. The molecule has 0 amide bonds. The molecule has 11 heteroatoms. The Morgan fingerprint density at radius 1 is 1.14 bits per heavy atom. The van der Waals surface area contributed by atoms with Gasteiger partial charge in [0.2, 0.25) is 0 Å². The maximum atomic E-state index is 14.1. The van der Waals surface area contributed by atoms with Gasteiger partial charge in [-0.3, -0.25) is 20.2 Å². The van der Waals surface area contributed by atoms with Crippen LogP contribution in [-0.4, -0.2) is 28.5 Å². The van der Waals surface area contributed by atoms with Crippen molar-refractivity contribution in [3.8, 4) is 0 Å². The van der Waals surface area contributed by atoms with Crippen LogP contribution in [0, 0.1) is 31.9 Å². The Hall–Kier alpha value is -3.47. The quantitative estimate of drug-likeness (QED) is 0.319. The van der Waals surface area contributed by atoms with Crippen LogP contribution in [0.4, 0.5) is 20.2 Å². The number of halogens is 2. The molecule has 0 spiro atoms. The second kappa shape index (κ2) is 6.93. The molecule has 1 aliphatic heterocycles. The Labute approximate surface area is 155 Å². The van der Waals surface area contributed by atoms with Crippen molar-refractivity contribution in [1.29, 1.82) is 0 Å². The lowest BCUT2D eigenvalue weighted by Crippen LogP contribution is -2.31. The van der Waals surface area contributed by atoms with Gasteiger partial charge < -0.3 is 9.47 Å². The molecule has 0 saturated carbocycles. The van der Waals surface area contributed by atoms with Gasteiger partial charge in [-0.15, -0.1) is 0 Å². The fraction of sp³-hybridized carbons (Fsp3) is 0.235. The molecule has 1 saturated heterocycles. The maximum absolute atomic E-state index is 14.1. The predicted molar refractivity (Wildman–Crippen MR) is 88.6 cm³/mol. The lowest BCUT2D eigenvalue weighted by molar-refractivity contribution is -0.394. The molecule has 1 fully saturated rings. The first-order valence-electron chi connectivity index (χ1n) is 7.88. The van der Waals surface area contributed by atoms with Gasteiger partial charge in [-0.2, -0.15) is 0 Å². The third kappa shape index (κ3) is 3.51. The van der Waals surface area contributed by atoms with E-state index in [1.165, 1.54) is 13.0 Å². The van der Waals surface area contributed by atoms with Crippen LogP contribution in [0.2, 0.25) is 0 Å². The van der Waals surface area contributed by atoms with Crippen LogP contribution in [0.1, 0.15) is 22.8 Å². The van der Waals surface area contributed by atoms with Gasteiger partial charge in [-0.05, 0) is 13.0 Å². The predicted octanol–water partition coefficient (Wildman–Crippen LogP) is 3.25. The van der Waals surface area contributed by atoms with Gasteiger partial charge in [-0.25, -0.2) is 13.6 Å². The van der Waals surface area contributed by atoms with E-state index in [1.54, 1.807) is 0 Å². The summed E-state index contributed by atoms with van der Waals surface area (Å²) >= 11 is 0. The molecule has 1 heterocycles. The molecule has 0 aromatic heterocycles. The summed E-state index contributed by atoms with van der Waals surface area (Å²) < 4.78 is 37.7. The largest absolute Gasteiger partial charge is 0.456 e. The van der Waals surface area contributed by atoms with Crippen LogP contribution in [0.25, 0.3) is 0 Å². The number of esters is 1. The third-order valence-corrected chi connectivity index (χ3v) is 4.34. The molecule has 0 aliphatic carbocycles. The van der Waals surface area contributed by atoms with Crippen LogP contribution in [0.5, 0.6) is 0 Å². The number of nitro benzene ring substituents is 2. The monoisotopic (exact) mass is 394 g/mol. The summed E-state index contributed by atoms with van der Waals surface area (Å²) in [7, 11) is 0. The summed E-state index contributed by atoms with van der Waals surface area (Å²) in [5.41, 5.74) is -3.08. The summed E-state index contributed by atoms with van der Waals surface area (Å²) in [6.07, 6.45) is -1.06. The fourth-order valence-electron chi connectivity index (χ4n) is 2.77. The minimum absolute atomic E-state index is 0.000908. The van der Waals surface area contributed by atoms with Crippen molar-refractivity contribution in [2.24, 2.45) is 0 Å². The SMILES string of the molecule is C[C@@H](OC(=O)c1cc([N+](=O)[O-])cc([N+](=O)[O-])c1)[C@]1(c2ccc(F)cc2F)CO1. The van der Waals surface area contributed by atoms with E-state index in [0.717, 1.165) is 18.2 Å². The molecule has 0 radical (unpaired) electrons. The van der Waals surface area contributed by atoms with Gasteiger partial charge in [0.05, 0.1) is 28.1 Å². The summed E-state index contributed by atoms with van der Waals surface area (Å²) in [5, 5.41) is 21.9. The smallest absolute Gasteiger partial charge is 0.339 e. The maximum Gasteiger partial charge on any atom is 0.339 e. The Morgan fingerprint density at radius 3 is 2.18 bits per heavy atom. The molecule has 2 atom stereocenters. The highest BCUT2D eigenvalue weighted by atomic mass is 19.1. The summed E-state index contributed by atoms with van der Waals surface area (Å²) in [6, 6.07) is 5.24. The van der Waals surface area contributed by atoms with Crippen LogP contribution < -0.4 is 0 Å². The molecule has 0 bridgehead atoms. The normalized spacial score (nSPS) is 19.0. The summed E-state index contributed by atoms with van der Waals surface area (Å²) in [4.78, 5) is 32.5. The van der Waals surface area contributed by atoms with E-state index < -0.39 is 56.1 Å². The van der Waals surface area contributed by atoms with Crippen molar-refractivity contribution >= 4 is 17.3 Å². The van der Waals surface area contributed by atoms with E-state index in [9.17, 15) is 33.8 Å². The van der Waals surface area contributed by atoms with E-state index in [4.69, 9.17) is 9.47 Å². The molecule has 28 heavy (non-hydrogen) atoms. The minimum atomic E-state index is -1.33. The highest BCUT2D eigenvalue weighted by Gasteiger charge is 2.55. The standard InChI is InChI=1S/C17H12F2N2O7/c1-9(17(8-27-17)14-3-2-11(18)6-15(14)19)28-16(22)10-4-12(20(23)24)7-13(5-10)21(25)26/h2-7,9H,8H2,1H3/t9-,17+/m1/s1. The zero-order valence-electron chi connectivity index (χ0n) is 14.3. The Kier molecular flexibility index (Phi) is 4.77. The molecule has 3 rings (SSSR count). The number of epoxide rings is 1. The molecule has 9 nitrogen and oxygen atoms in total. The molecular weight excluding hydrogens is 382 g/mol. The average molecular weight is 394 g/mol. The molecule has 0 unspecified atom stereocenters. The third-order valence-electron chi connectivity index (χ3n) is 4.34. The lowest BCUT2D eigenvalue weighted by atomic mass is 9.94. The van der Waals surface area contributed by atoms with Crippen molar-refractivity contribution in [2.45, 2.75) is 18.6 Å². The van der Waals surface area contributed by atoms with Crippen LogP contribution in [-0.2, 0) is 15.1 Å². The molecule has 146 valence electrons. The second-order valence-electron chi connectivity index (χ2n) is 6.10. The van der Waals surface area contributed by atoms with Crippen LogP contribution in [0.15, 0.2) is 36.4 Å². The number of rotatable bonds is 6. The lowest BCUT2D eigenvalue weighted by Gasteiger charge is -2.21. The van der Waals surface area contributed by atoms with Gasteiger partial charge in [0.25, 0.3) is 11.4 Å². The number of carbonyl (C=O) groups is 1. The van der Waals surface area contributed by atoms with Gasteiger partial charge in [-0.1, -0.05) is 6.07 Å². The molecule has 1 aliphatic rings. The van der Waals surface area contributed by atoms with Crippen molar-refractivity contribution in [3.05, 3.63) is 79.4 Å². The number of non-ortho nitro benzene ring substituents is 2. The highest BCUT2D eigenvalue weighted by molar-refractivity contribution is 5.91. The number of nitro groups is 2. The van der Waals surface area contributed by atoms with E-state index in [1.807, 2.05) is 0 Å². The minimum Gasteiger partial charge on any atom is -0.456 e. The zero-order valence-corrected chi connectivity index (χ0v) is 14.3. The summed E-state index contributed by atoms with van der Waals surface area (Å²) in [6.45, 7) is 1.40. The van der Waals surface area contributed by atoms with Gasteiger partial charge >= 0.3 is 5.97 Å². The molecular formula is C17H12F2N2O7. The van der Waals surface area contributed by atoms with Crippen molar-refractivity contribution < 1.29 is 32.9 Å². The number of nitrogens with zero attached hydrogens (tertiary/aromatic N) is 2. The van der Waals surface area contributed by atoms with Crippen molar-refractivity contribution in [3.63, 3.8) is 0 Å². The fourth-order valence-corrected chi connectivity index (χ4v) is 2.77. The highest BCUT2D eigenvalue weighted by Crippen LogP contribution is 2.44. The van der Waals surface area contributed by atoms with E-state index in [-0.39, 0.29) is 12.2 Å². The number of ether oxygens (including phenoxy) is 2. The first-order valence-corrected chi connectivity index (χ1v) is 7.88. The first-order chi connectivity index (χ1) is 13.1. The molecule has 2 aromatic carbocycles. The van der Waals surface area contributed by atoms with Gasteiger partial charge in [0.15, 0.2) is 5.60 Å². The van der Waals surface area contributed by atoms with Crippen molar-refractivity contribution in [1.82, 2.24) is 0 Å². The van der Waals surface area contributed by atoms with Crippen LogP contribution in [0.3, 0.4) is 0 Å². The van der Waals surface area contributed by atoms with E-state index >= 15 is 0 Å². The van der Waals surface area contributed by atoms with Crippen molar-refractivity contribution in [2.75, 3.05) is 6.61 Å². The number of benzene rings is 2. The Balaban J connectivity index is 1.87. The van der Waals surface area contributed by atoms with Gasteiger partial charge in [0.1, 0.15) is 17.7 Å². The van der Waals surface area contributed by atoms with E-state index in [0.29, 0.717) is 12.1 Å². The summed E-state index contributed by atoms with van der Waals surface area (Å²) in [5.74, 6) is -2.76. The topological polar surface area (TPSA) is 125 Å². The zero-order chi connectivity index (χ0) is 20.6. The average Bonchev–Trinajstić information content (AvgIpc) is 3.42. The number of carbonyl (C=O) groups excluding carboxylic acids is 1. The molecule has 0 N–H and O–H groups in total. The second-order valence-corrected chi connectivity index (χ2v) is 6.10. The Morgan fingerprint density at radius 2 is 1.71 bits per heavy atom. The van der Waals surface area contributed by atoms with E-state index in [2.05, 4.69) is 0 Å². The number of hydrogen-bond acceptors (Lipinski definition) is 7.